The van der Waals surface area contributed by atoms with Crippen molar-refractivity contribution in [3.05, 3.63) is 94.3 Å². The molecule has 0 aliphatic rings. The smallest absolute Gasteiger partial charge is 0.255 e. The predicted octanol–water partition coefficient (Wildman–Crippen LogP) is 4.97. The molecule has 1 N–H and O–H groups in total. The number of aryl methyl sites for hydroxylation is 3. The largest absolute Gasteiger partial charge is 0.322 e. The van der Waals surface area contributed by atoms with Crippen LogP contribution in [0.15, 0.2) is 60.7 Å². The Hall–Kier alpha value is -3.19. The number of halogens is 1. The highest BCUT2D eigenvalue weighted by molar-refractivity contribution is 7.92. The first kappa shape index (κ1) is 22.5. The van der Waals surface area contributed by atoms with Gasteiger partial charge in [-0.1, -0.05) is 29.8 Å². The standard InChI is InChI=1S/C24H25FN2O3S/c1-16-13-17(2)23(18(3)14-16)26-24(28)20-7-11-22(12-8-20)27(31(4,29)30)15-19-5-9-21(25)10-6-19/h5-14H,15H2,1-4H3,(H,26,28). The summed E-state index contributed by atoms with van der Waals surface area (Å²) in [6.45, 7) is 5.95. The van der Waals surface area contributed by atoms with E-state index in [0.29, 0.717) is 16.8 Å². The lowest BCUT2D eigenvalue weighted by Crippen LogP contribution is -2.29. The molecule has 0 atom stereocenters. The summed E-state index contributed by atoms with van der Waals surface area (Å²) in [5.41, 5.74) is 5.34. The predicted molar refractivity (Wildman–Crippen MR) is 122 cm³/mol. The Kier molecular flexibility index (Phi) is 6.45. The first-order chi connectivity index (χ1) is 14.5. The Balaban J connectivity index is 1.83. The van der Waals surface area contributed by atoms with Gasteiger partial charge in [0, 0.05) is 11.3 Å². The molecule has 0 aliphatic carbocycles. The molecule has 3 rings (SSSR count). The van der Waals surface area contributed by atoms with Crippen LogP contribution in [0.2, 0.25) is 0 Å². The van der Waals surface area contributed by atoms with E-state index in [0.717, 1.165) is 28.6 Å². The van der Waals surface area contributed by atoms with Crippen molar-refractivity contribution < 1.29 is 17.6 Å². The molecular formula is C24H25FN2O3S. The van der Waals surface area contributed by atoms with Gasteiger partial charge in [0.25, 0.3) is 5.91 Å². The fourth-order valence-corrected chi connectivity index (χ4v) is 4.39. The summed E-state index contributed by atoms with van der Waals surface area (Å²) < 4.78 is 39.1. The van der Waals surface area contributed by atoms with E-state index in [2.05, 4.69) is 5.32 Å². The van der Waals surface area contributed by atoms with Crippen molar-refractivity contribution in [1.82, 2.24) is 0 Å². The molecule has 0 saturated heterocycles. The second-order valence-electron chi connectivity index (χ2n) is 7.67. The van der Waals surface area contributed by atoms with Crippen LogP contribution in [0.1, 0.15) is 32.6 Å². The molecule has 0 fully saturated rings. The zero-order valence-electron chi connectivity index (χ0n) is 17.9. The number of nitrogens with one attached hydrogen (secondary N) is 1. The normalized spacial score (nSPS) is 11.3. The maximum absolute atomic E-state index is 13.2. The number of carbonyl (C=O) groups is 1. The van der Waals surface area contributed by atoms with Gasteiger partial charge in [0.05, 0.1) is 18.5 Å². The Morgan fingerprint density at radius 3 is 2.00 bits per heavy atom. The zero-order valence-corrected chi connectivity index (χ0v) is 18.8. The molecule has 1 amide bonds. The van der Waals surface area contributed by atoms with Crippen LogP contribution in [-0.4, -0.2) is 20.6 Å². The summed E-state index contributed by atoms with van der Waals surface area (Å²) in [4.78, 5) is 12.7. The highest BCUT2D eigenvalue weighted by Crippen LogP contribution is 2.24. The van der Waals surface area contributed by atoms with Crippen LogP contribution in [0.25, 0.3) is 0 Å². The highest BCUT2D eigenvalue weighted by Gasteiger charge is 2.19. The molecule has 0 radical (unpaired) electrons. The number of anilines is 2. The minimum absolute atomic E-state index is 0.0619. The molecule has 5 nitrogen and oxygen atoms in total. The highest BCUT2D eigenvalue weighted by atomic mass is 32.2. The van der Waals surface area contributed by atoms with Crippen LogP contribution in [0.3, 0.4) is 0 Å². The van der Waals surface area contributed by atoms with Gasteiger partial charge in [0.1, 0.15) is 5.82 Å². The van der Waals surface area contributed by atoms with E-state index in [1.807, 2.05) is 32.9 Å². The molecule has 0 spiro atoms. The summed E-state index contributed by atoms with van der Waals surface area (Å²) in [6.07, 6.45) is 1.11. The number of nitrogens with zero attached hydrogens (tertiary/aromatic N) is 1. The van der Waals surface area contributed by atoms with Gasteiger partial charge in [0.2, 0.25) is 10.0 Å². The number of hydrogen-bond acceptors (Lipinski definition) is 3. The Bertz CT molecular complexity index is 1180. The minimum Gasteiger partial charge on any atom is -0.322 e. The van der Waals surface area contributed by atoms with Crippen LogP contribution in [0, 0.1) is 26.6 Å². The Morgan fingerprint density at radius 2 is 1.48 bits per heavy atom. The Morgan fingerprint density at radius 1 is 0.935 bits per heavy atom. The van der Waals surface area contributed by atoms with Gasteiger partial charge < -0.3 is 5.32 Å². The summed E-state index contributed by atoms with van der Waals surface area (Å²) in [5, 5.41) is 2.94. The van der Waals surface area contributed by atoms with Gasteiger partial charge in [-0.3, -0.25) is 9.10 Å². The molecule has 0 aromatic heterocycles. The van der Waals surface area contributed by atoms with Crippen molar-refractivity contribution in [3.8, 4) is 0 Å². The van der Waals surface area contributed by atoms with Crippen LogP contribution < -0.4 is 9.62 Å². The number of carbonyl (C=O) groups excluding carboxylic acids is 1. The lowest BCUT2D eigenvalue weighted by atomic mass is 10.0. The Labute approximate surface area is 182 Å². The average molecular weight is 441 g/mol. The molecule has 3 aromatic carbocycles. The topological polar surface area (TPSA) is 66.5 Å². The lowest BCUT2D eigenvalue weighted by molar-refractivity contribution is 0.102. The fourth-order valence-electron chi connectivity index (χ4n) is 3.50. The maximum Gasteiger partial charge on any atom is 0.255 e. The van der Waals surface area contributed by atoms with E-state index < -0.39 is 10.0 Å². The van der Waals surface area contributed by atoms with Gasteiger partial charge in [-0.25, -0.2) is 12.8 Å². The van der Waals surface area contributed by atoms with Gasteiger partial charge in [-0.2, -0.15) is 0 Å². The van der Waals surface area contributed by atoms with Gasteiger partial charge in [0.15, 0.2) is 0 Å². The SMILES string of the molecule is Cc1cc(C)c(NC(=O)c2ccc(N(Cc3ccc(F)cc3)S(C)(=O)=O)cc2)c(C)c1. The first-order valence-corrected chi connectivity index (χ1v) is 11.6. The van der Waals surface area contributed by atoms with Gasteiger partial charge >= 0.3 is 0 Å². The van der Waals surface area contributed by atoms with E-state index in [-0.39, 0.29) is 18.3 Å². The van der Waals surface area contributed by atoms with E-state index in [1.54, 1.807) is 36.4 Å². The maximum atomic E-state index is 13.2. The third-order valence-electron chi connectivity index (χ3n) is 4.97. The fraction of sp³-hybridized carbons (Fsp3) is 0.208. The van der Waals surface area contributed by atoms with Gasteiger partial charge in [-0.15, -0.1) is 0 Å². The van der Waals surface area contributed by atoms with Crippen LogP contribution in [-0.2, 0) is 16.6 Å². The molecule has 3 aromatic rings. The van der Waals surface area contributed by atoms with Crippen molar-refractivity contribution >= 4 is 27.3 Å². The lowest BCUT2D eigenvalue weighted by Gasteiger charge is -2.23. The van der Waals surface area contributed by atoms with Crippen molar-refractivity contribution in [2.75, 3.05) is 15.9 Å². The quantitative estimate of drug-likeness (QED) is 0.589. The molecular weight excluding hydrogens is 415 g/mol. The number of benzene rings is 3. The molecule has 0 bridgehead atoms. The summed E-state index contributed by atoms with van der Waals surface area (Å²) in [5.74, 6) is -0.657. The summed E-state index contributed by atoms with van der Waals surface area (Å²) in [6, 6.07) is 16.0. The van der Waals surface area contributed by atoms with Crippen molar-refractivity contribution in [2.45, 2.75) is 27.3 Å². The second-order valence-corrected chi connectivity index (χ2v) is 9.58. The molecule has 0 saturated carbocycles. The van der Waals surface area contributed by atoms with Crippen LogP contribution in [0.5, 0.6) is 0 Å². The second kappa shape index (κ2) is 8.89. The number of rotatable bonds is 6. The molecule has 0 unspecified atom stereocenters. The van der Waals surface area contributed by atoms with E-state index in [4.69, 9.17) is 0 Å². The number of amides is 1. The third kappa shape index (κ3) is 5.49. The monoisotopic (exact) mass is 440 g/mol. The van der Waals surface area contributed by atoms with Crippen molar-refractivity contribution in [1.29, 1.82) is 0 Å². The van der Waals surface area contributed by atoms with Crippen molar-refractivity contribution in [3.63, 3.8) is 0 Å². The molecule has 31 heavy (non-hydrogen) atoms. The zero-order chi connectivity index (χ0) is 22.8. The van der Waals surface area contributed by atoms with E-state index >= 15 is 0 Å². The van der Waals surface area contributed by atoms with E-state index in [1.165, 1.54) is 16.4 Å². The summed E-state index contributed by atoms with van der Waals surface area (Å²) >= 11 is 0. The minimum atomic E-state index is -3.58. The average Bonchev–Trinajstić information content (AvgIpc) is 2.69. The number of sulfonamides is 1. The molecule has 0 aliphatic heterocycles. The van der Waals surface area contributed by atoms with Crippen molar-refractivity contribution in [2.24, 2.45) is 0 Å². The number of hydrogen-bond donors (Lipinski definition) is 1. The van der Waals surface area contributed by atoms with Crippen LogP contribution >= 0.6 is 0 Å². The van der Waals surface area contributed by atoms with E-state index in [9.17, 15) is 17.6 Å². The van der Waals surface area contributed by atoms with Crippen LogP contribution in [0.4, 0.5) is 15.8 Å². The molecule has 7 heteroatoms. The molecule has 0 heterocycles. The molecule has 162 valence electrons. The van der Waals surface area contributed by atoms with Gasteiger partial charge in [-0.05, 0) is 73.9 Å². The first-order valence-electron chi connectivity index (χ1n) is 9.76. The summed E-state index contributed by atoms with van der Waals surface area (Å²) in [7, 11) is -3.58. The third-order valence-corrected chi connectivity index (χ3v) is 6.11.